The standard InChI is InChI=1S/C35H52N3O18P/c1-20(39)37-28-32(54-23(4)42)31(53-22(3)41)27(19-50-21(2)40)55-33(28)49-15-11-10-14-36-34(43)38-26-16-25(29(30(26)47-5)56-57(45,46)48-6)18-52-35(44)51-17-24-12-8-7-9-13-24/h7-9,12-13,25-33H,10-11,14-19H2,1-6H3,(H,37,39)(H,45,46)(H2,36,38,43)/t25-,26-,27-,28-,29?,30-,31+,32-,33-/m1/s1. The van der Waals surface area contributed by atoms with E-state index in [0.717, 1.165) is 26.5 Å². The lowest BCUT2D eigenvalue weighted by Gasteiger charge is -2.44. The molecule has 0 spiro atoms. The molecule has 21 nitrogen and oxygen atoms in total. The summed E-state index contributed by atoms with van der Waals surface area (Å²) in [5.74, 6) is -3.36. The second kappa shape index (κ2) is 23.1. The van der Waals surface area contributed by atoms with Crippen LogP contribution in [-0.4, -0.2) is 130 Å². The van der Waals surface area contributed by atoms with Crippen LogP contribution >= 0.6 is 7.82 Å². The molecule has 320 valence electrons. The Morgan fingerprint density at radius 3 is 2.12 bits per heavy atom. The summed E-state index contributed by atoms with van der Waals surface area (Å²) in [6.07, 6.45) is -7.06. The van der Waals surface area contributed by atoms with Gasteiger partial charge in [0, 0.05) is 61.0 Å². The van der Waals surface area contributed by atoms with E-state index in [1.54, 1.807) is 24.3 Å². The Morgan fingerprint density at radius 2 is 1.51 bits per heavy atom. The molecule has 0 bridgehead atoms. The summed E-state index contributed by atoms with van der Waals surface area (Å²) in [4.78, 5) is 83.1. The van der Waals surface area contributed by atoms with Gasteiger partial charge in [-0.2, -0.15) is 0 Å². The van der Waals surface area contributed by atoms with Crippen molar-refractivity contribution in [3.8, 4) is 0 Å². The van der Waals surface area contributed by atoms with Crippen molar-refractivity contribution in [2.24, 2.45) is 5.92 Å². The fraction of sp³-hybridized carbons (Fsp3) is 0.657. The molecule has 1 aliphatic heterocycles. The van der Waals surface area contributed by atoms with E-state index in [4.69, 9.17) is 42.4 Å². The minimum absolute atomic E-state index is 0.0267. The average Bonchev–Trinajstić information content (AvgIpc) is 3.46. The number of phosphoric ester groups is 1. The first-order valence-electron chi connectivity index (χ1n) is 18.0. The molecule has 1 aliphatic carbocycles. The predicted octanol–water partition coefficient (Wildman–Crippen LogP) is 1.63. The molecule has 3 amide bonds. The molecule has 1 heterocycles. The number of methoxy groups -OCH3 is 1. The van der Waals surface area contributed by atoms with E-state index in [1.807, 2.05) is 6.07 Å². The molecule has 1 aromatic rings. The van der Waals surface area contributed by atoms with Gasteiger partial charge in [0.15, 0.2) is 18.5 Å². The monoisotopic (exact) mass is 833 g/mol. The van der Waals surface area contributed by atoms with Gasteiger partial charge in [0.2, 0.25) is 5.91 Å². The van der Waals surface area contributed by atoms with Crippen molar-refractivity contribution < 1.29 is 85.2 Å². The first kappa shape index (κ1) is 47.0. The SMILES string of the molecule is CO[C@H]1C(OP(=O)(O)OC)[C@@H](COC(=O)OCc2ccccc2)C[C@H]1NC(=O)NCCCCO[C@@H]1O[C@H](COC(C)=O)[C@H](OC(C)=O)[C@H](OC(C)=O)[C@H]1NC(C)=O. The summed E-state index contributed by atoms with van der Waals surface area (Å²) < 4.78 is 66.1. The number of nitrogens with one attached hydrogen (secondary N) is 3. The van der Waals surface area contributed by atoms with Crippen molar-refractivity contribution in [2.75, 3.05) is 40.6 Å². The zero-order valence-electron chi connectivity index (χ0n) is 32.6. The molecule has 10 atom stereocenters. The van der Waals surface area contributed by atoms with E-state index in [9.17, 15) is 38.2 Å². The van der Waals surface area contributed by atoms with Gasteiger partial charge in [-0.05, 0) is 24.8 Å². The van der Waals surface area contributed by atoms with Gasteiger partial charge in [0.25, 0.3) is 0 Å². The van der Waals surface area contributed by atoms with Crippen LogP contribution in [0.3, 0.4) is 0 Å². The summed E-state index contributed by atoms with van der Waals surface area (Å²) in [6, 6.07) is 6.46. The zero-order valence-corrected chi connectivity index (χ0v) is 33.5. The maximum Gasteiger partial charge on any atom is 0.508 e. The summed E-state index contributed by atoms with van der Waals surface area (Å²) in [6.45, 7) is 4.15. The highest BCUT2D eigenvalue weighted by Gasteiger charge is 2.52. The fourth-order valence-electron chi connectivity index (χ4n) is 6.25. The quantitative estimate of drug-likeness (QED) is 0.0629. The molecule has 1 saturated heterocycles. The van der Waals surface area contributed by atoms with E-state index in [0.29, 0.717) is 12.8 Å². The Hall–Kier alpha value is -4.37. The van der Waals surface area contributed by atoms with E-state index < -0.39 is 98.6 Å². The minimum Gasteiger partial charge on any atom is -0.463 e. The lowest BCUT2D eigenvalue weighted by atomic mass is 9.96. The maximum absolute atomic E-state index is 12.9. The van der Waals surface area contributed by atoms with Crippen LogP contribution in [0.15, 0.2) is 30.3 Å². The molecule has 2 fully saturated rings. The van der Waals surface area contributed by atoms with Crippen LogP contribution in [-0.2, 0) is 77.3 Å². The molecule has 1 saturated carbocycles. The smallest absolute Gasteiger partial charge is 0.463 e. The molecular weight excluding hydrogens is 781 g/mol. The van der Waals surface area contributed by atoms with Crippen LogP contribution in [0, 0.1) is 5.92 Å². The van der Waals surface area contributed by atoms with Gasteiger partial charge in [-0.15, -0.1) is 0 Å². The van der Waals surface area contributed by atoms with Crippen molar-refractivity contribution in [2.45, 2.75) is 102 Å². The van der Waals surface area contributed by atoms with Gasteiger partial charge in [0.1, 0.15) is 44.2 Å². The molecular formula is C35H52N3O18P. The fourth-order valence-corrected chi connectivity index (χ4v) is 6.94. The first-order valence-corrected chi connectivity index (χ1v) is 19.5. The highest BCUT2D eigenvalue weighted by molar-refractivity contribution is 7.47. The number of hydrogen-bond donors (Lipinski definition) is 4. The zero-order chi connectivity index (χ0) is 42.1. The van der Waals surface area contributed by atoms with Gasteiger partial charge >= 0.3 is 37.9 Å². The predicted molar refractivity (Wildman–Crippen MR) is 193 cm³/mol. The number of urea groups is 1. The van der Waals surface area contributed by atoms with Gasteiger partial charge in [-0.3, -0.25) is 28.2 Å². The van der Waals surface area contributed by atoms with E-state index in [2.05, 4.69) is 20.5 Å². The van der Waals surface area contributed by atoms with Crippen LogP contribution < -0.4 is 16.0 Å². The summed E-state index contributed by atoms with van der Waals surface area (Å²) in [7, 11) is -2.21. The highest BCUT2D eigenvalue weighted by Crippen LogP contribution is 2.48. The summed E-state index contributed by atoms with van der Waals surface area (Å²) in [5, 5.41) is 8.09. The van der Waals surface area contributed by atoms with Crippen molar-refractivity contribution >= 4 is 43.8 Å². The maximum atomic E-state index is 12.9. The van der Waals surface area contributed by atoms with Gasteiger partial charge < -0.3 is 58.7 Å². The van der Waals surface area contributed by atoms with Gasteiger partial charge in [-0.25, -0.2) is 14.2 Å². The number of hydrogen-bond acceptors (Lipinski definition) is 17. The molecule has 2 unspecified atom stereocenters. The van der Waals surface area contributed by atoms with Gasteiger partial charge in [-0.1, -0.05) is 30.3 Å². The normalized spacial score (nSPS) is 26.5. The van der Waals surface area contributed by atoms with Crippen molar-refractivity contribution in [3.63, 3.8) is 0 Å². The largest absolute Gasteiger partial charge is 0.508 e. The van der Waals surface area contributed by atoms with E-state index >= 15 is 0 Å². The number of ether oxygens (including phenoxy) is 8. The molecule has 3 rings (SSSR count). The van der Waals surface area contributed by atoms with Crippen LogP contribution in [0.25, 0.3) is 0 Å². The third-order valence-corrected chi connectivity index (χ3v) is 9.61. The number of unbranched alkanes of at least 4 members (excludes halogenated alkanes) is 1. The number of benzene rings is 1. The summed E-state index contributed by atoms with van der Waals surface area (Å²) in [5.41, 5.74) is 0.741. The number of carbonyl (C=O) groups excluding carboxylic acids is 6. The number of carbonyl (C=O) groups is 6. The number of phosphoric acid groups is 1. The Labute approximate surface area is 329 Å². The van der Waals surface area contributed by atoms with Crippen LogP contribution in [0.2, 0.25) is 0 Å². The molecule has 1 aromatic carbocycles. The Bertz CT molecular complexity index is 1550. The molecule has 57 heavy (non-hydrogen) atoms. The minimum atomic E-state index is -4.53. The molecule has 0 aromatic heterocycles. The third-order valence-electron chi connectivity index (χ3n) is 8.64. The summed E-state index contributed by atoms with van der Waals surface area (Å²) >= 11 is 0. The Balaban J connectivity index is 1.56. The molecule has 4 N–H and O–H groups in total. The second-order valence-corrected chi connectivity index (χ2v) is 14.6. The van der Waals surface area contributed by atoms with Gasteiger partial charge in [0.05, 0.1) is 6.04 Å². The number of amides is 3. The van der Waals surface area contributed by atoms with Crippen LogP contribution in [0.4, 0.5) is 9.59 Å². The van der Waals surface area contributed by atoms with Crippen molar-refractivity contribution in [1.82, 2.24) is 16.0 Å². The van der Waals surface area contributed by atoms with E-state index in [-0.39, 0.29) is 39.4 Å². The number of rotatable bonds is 20. The Morgan fingerprint density at radius 1 is 0.825 bits per heavy atom. The third kappa shape index (κ3) is 15.8. The Kier molecular flexibility index (Phi) is 19.1. The second-order valence-electron chi connectivity index (χ2n) is 13.1. The molecule has 0 radical (unpaired) electrons. The topological polar surface area (TPSA) is 268 Å². The van der Waals surface area contributed by atoms with Crippen LogP contribution in [0.1, 0.15) is 52.5 Å². The van der Waals surface area contributed by atoms with Crippen LogP contribution in [0.5, 0.6) is 0 Å². The van der Waals surface area contributed by atoms with E-state index in [1.165, 1.54) is 21.0 Å². The van der Waals surface area contributed by atoms with Crippen molar-refractivity contribution in [1.29, 1.82) is 0 Å². The lowest BCUT2D eigenvalue weighted by Crippen LogP contribution is -2.66. The molecule has 22 heteroatoms. The van der Waals surface area contributed by atoms with Crippen molar-refractivity contribution in [3.05, 3.63) is 35.9 Å². The highest BCUT2D eigenvalue weighted by atomic mass is 31.2. The average molecular weight is 834 g/mol. The molecule has 2 aliphatic rings. The first-order chi connectivity index (χ1) is 27.0. The lowest BCUT2D eigenvalue weighted by molar-refractivity contribution is -0.277. The number of esters is 3.